The van der Waals surface area contributed by atoms with Crippen molar-refractivity contribution in [2.75, 3.05) is 81.5 Å². The molecule has 3 amide bonds. The van der Waals surface area contributed by atoms with Crippen LogP contribution in [0.3, 0.4) is 0 Å². The molecule has 22 heteroatoms. The zero-order valence-electron chi connectivity index (χ0n) is 53.0. The van der Waals surface area contributed by atoms with Gasteiger partial charge in [0.15, 0.2) is 17.5 Å². The standard InChI is InChI=1S/C24H30N6O2.C23H33N5O2.C21H28N6O/c1-16-4-5-21-20(11-16)23(29-28-21)26-13-22(31)27-18-14-30(15-18)19-6-8-24(32,9-7-19)17-3-2-10-25-12-17;1-4-11-30-19-8-6-18(7-9-19)28-14-17(15-28)25-22(29)13-24-23-20-12-16(2)5-10-21(20)27(3)26-23;1-14-3-8-19-18(9-14)21(25-26(19)2)23-11-20(28)24-16-12-27(13-16)17-6-4-15(10-22)5-7-17/h2-5,10-12,18-19,32H,6-9,13-15H2,1H3,(H,27,31)(H2,26,28,29);4-5,10,12,17-19H,1,6-9,11,13-15H2,2-3H3,(H,24,26)(H,25,29);3,8-9,15-17H,4-7,11-13H2,1-2H3,(H,23,25)(H,24,28). The highest BCUT2D eigenvalue weighted by Crippen LogP contribution is 2.39. The highest BCUT2D eigenvalue weighted by atomic mass is 16.5. The average molecular weight is 1230 g/mol. The zero-order chi connectivity index (χ0) is 62.9. The van der Waals surface area contributed by atoms with E-state index in [-0.39, 0.29) is 61.4 Å². The Balaban J connectivity index is 0.000000139. The van der Waals surface area contributed by atoms with Crippen molar-refractivity contribution in [3.8, 4) is 6.07 Å². The summed E-state index contributed by atoms with van der Waals surface area (Å²) < 4.78 is 9.45. The molecule has 3 aliphatic carbocycles. The molecule has 3 aromatic carbocycles. The van der Waals surface area contributed by atoms with Crippen molar-refractivity contribution in [2.45, 2.75) is 146 Å². The van der Waals surface area contributed by atoms with Crippen LogP contribution in [0.5, 0.6) is 0 Å². The Labute approximate surface area is 527 Å². The van der Waals surface area contributed by atoms with E-state index < -0.39 is 5.60 Å². The summed E-state index contributed by atoms with van der Waals surface area (Å²) in [4.78, 5) is 48.7. The number of nitriles is 1. The minimum Gasteiger partial charge on any atom is -0.385 e. The number of rotatable bonds is 19. The molecule has 3 saturated heterocycles. The molecule has 4 aromatic heterocycles. The summed E-state index contributed by atoms with van der Waals surface area (Å²) in [6, 6.07) is 27.1. The van der Waals surface area contributed by atoms with Gasteiger partial charge in [-0.3, -0.25) is 48.5 Å². The van der Waals surface area contributed by atoms with Crippen molar-refractivity contribution < 1.29 is 24.2 Å². The van der Waals surface area contributed by atoms with Gasteiger partial charge in [0.2, 0.25) is 17.7 Å². The van der Waals surface area contributed by atoms with Gasteiger partial charge in [-0.25, -0.2) is 0 Å². The van der Waals surface area contributed by atoms with Crippen LogP contribution in [0.2, 0.25) is 0 Å². The molecule has 0 spiro atoms. The Morgan fingerprint density at radius 3 is 1.57 bits per heavy atom. The number of carbonyl (C=O) groups excluding carboxylic acids is 3. The second-order valence-electron chi connectivity index (χ2n) is 26.0. The fourth-order valence-corrected chi connectivity index (χ4v) is 14.0. The van der Waals surface area contributed by atoms with Gasteiger partial charge in [0, 0.05) is 112 Å². The number of pyridine rings is 1. The predicted molar refractivity (Wildman–Crippen MR) is 352 cm³/mol. The lowest BCUT2D eigenvalue weighted by molar-refractivity contribution is -0.122. The molecule has 90 heavy (non-hydrogen) atoms. The molecule has 0 radical (unpaired) electrons. The summed E-state index contributed by atoms with van der Waals surface area (Å²) in [6.45, 7) is 16.6. The van der Waals surface area contributed by atoms with E-state index in [1.54, 1.807) is 12.4 Å². The Hall–Kier alpha value is -7.94. The molecule has 3 aliphatic heterocycles. The third kappa shape index (κ3) is 15.6. The molecule has 22 nitrogen and oxygen atoms in total. The Morgan fingerprint density at radius 1 is 0.644 bits per heavy atom. The number of aryl methyl sites for hydroxylation is 5. The molecule has 3 saturated carbocycles. The molecule has 6 aliphatic rings. The van der Waals surface area contributed by atoms with Crippen molar-refractivity contribution >= 4 is 67.9 Å². The summed E-state index contributed by atoms with van der Waals surface area (Å²) in [6.07, 6.45) is 17.9. The lowest BCUT2D eigenvalue weighted by atomic mass is 9.77. The maximum absolute atomic E-state index is 12.4. The third-order valence-corrected chi connectivity index (χ3v) is 19.3. The fraction of sp³-hybridized carbons (Fsp3) is 0.529. The van der Waals surface area contributed by atoms with E-state index in [9.17, 15) is 19.5 Å². The number of fused-ring (bicyclic) bond motifs is 3. The van der Waals surface area contributed by atoms with Crippen LogP contribution in [0, 0.1) is 38.0 Å². The van der Waals surface area contributed by atoms with Gasteiger partial charge < -0.3 is 41.7 Å². The first kappa shape index (κ1) is 63.6. The van der Waals surface area contributed by atoms with Crippen LogP contribution in [0.4, 0.5) is 17.5 Å². The van der Waals surface area contributed by atoms with E-state index in [1.165, 1.54) is 24.0 Å². The normalized spacial score (nSPS) is 23.4. The number of ether oxygens (including phenoxy) is 1. The van der Waals surface area contributed by atoms with E-state index >= 15 is 0 Å². The number of hydrogen-bond acceptors (Lipinski definition) is 16. The van der Waals surface area contributed by atoms with E-state index in [4.69, 9.17) is 10.00 Å². The number of amides is 3. The van der Waals surface area contributed by atoms with Crippen LogP contribution >= 0.6 is 0 Å². The number of aromatic amines is 1. The second-order valence-corrected chi connectivity index (χ2v) is 26.0. The van der Waals surface area contributed by atoms with Crippen LogP contribution in [0.1, 0.15) is 99.3 Å². The van der Waals surface area contributed by atoms with Gasteiger partial charge in [0.25, 0.3) is 0 Å². The molecular weight excluding hydrogens is 1130 g/mol. The Bertz CT molecular complexity index is 3630. The molecule has 13 rings (SSSR count). The van der Waals surface area contributed by atoms with Gasteiger partial charge in [-0.15, -0.1) is 6.58 Å². The number of aliphatic hydroxyl groups is 1. The molecule has 6 fully saturated rings. The van der Waals surface area contributed by atoms with E-state index in [1.807, 2.05) is 60.7 Å². The summed E-state index contributed by atoms with van der Waals surface area (Å²) >= 11 is 0. The van der Waals surface area contributed by atoms with E-state index in [2.05, 4.69) is 141 Å². The second kappa shape index (κ2) is 28.9. The minimum atomic E-state index is -0.760. The van der Waals surface area contributed by atoms with Crippen molar-refractivity contribution in [1.82, 2.24) is 65.4 Å². The van der Waals surface area contributed by atoms with Gasteiger partial charge in [-0.2, -0.15) is 20.6 Å². The number of H-pyrrole nitrogens is 1. The van der Waals surface area contributed by atoms with Crippen molar-refractivity contribution in [3.63, 3.8) is 0 Å². The van der Waals surface area contributed by atoms with Gasteiger partial charge >= 0.3 is 0 Å². The first-order valence-electron chi connectivity index (χ1n) is 32.4. The molecule has 478 valence electrons. The van der Waals surface area contributed by atoms with Crippen molar-refractivity contribution in [3.05, 3.63) is 114 Å². The maximum Gasteiger partial charge on any atom is 0.239 e. The van der Waals surface area contributed by atoms with Crippen LogP contribution in [-0.2, 0) is 38.8 Å². The number of anilines is 3. The van der Waals surface area contributed by atoms with Crippen molar-refractivity contribution in [2.24, 2.45) is 20.0 Å². The monoisotopic (exact) mass is 1230 g/mol. The number of nitrogens with zero attached hydrogens (tertiary/aromatic N) is 10. The zero-order valence-corrected chi connectivity index (χ0v) is 53.0. The van der Waals surface area contributed by atoms with Gasteiger partial charge in [-0.05, 0) is 140 Å². The summed E-state index contributed by atoms with van der Waals surface area (Å²) in [5.74, 6) is 2.46. The average Bonchev–Trinajstić information content (AvgIpc) is 1.23. The maximum atomic E-state index is 12.4. The molecular formula is C68H91N17O5. The van der Waals surface area contributed by atoms with Crippen LogP contribution in [-0.4, -0.2) is 180 Å². The smallest absolute Gasteiger partial charge is 0.239 e. The van der Waals surface area contributed by atoms with Gasteiger partial charge in [0.1, 0.15) is 0 Å². The molecule has 8 N–H and O–H groups in total. The first-order valence-corrected chi connectivity index (χ1v) is 32.4. The summed E-state index contributed by atoms with van der Waals surface area (Å²) in [5, 5.41) is 58.3. The SMILES string of the molecule is C=CCOC1CCC(N2CC(NC(=O)CNc3nn(C)c4ccc(C)cc34)C2)CC1.Cc1ccc2[nH]nc(NCC(=O)NC3CN(C4CCC(O)(c5cccnc5)CC4)C3)c2c1.Cc1ccc2c(c1)c(NCC(=O)NC1CN(C3CCC(C#N)CC3)C1)nn2C. The summed E-state index contributed by atoms with van der Waals surface area (Å²) in [7, 11) is 3.83. The van der Waals surface area contributed by atoms with E-state index in [0.29, 0.717) is 36.7 Å². The Morgan fingerprint density at radius 2 is 1.10 bits per heavy atom. The van der Waals surface area contributed by atoms with Crippen LogP contribution in [0.15, 0.2) is 91.8 Å². The fourth-order valence-electron chi connectivity index (χ4n) is 14.0. The number of aromatic nitrogens is 7. The third-order valence-electron chi connectivity index (χ3n) is 19.3. The predicted octanol–water partition coefficient (Wildman–Crippen LogP) is 7.09. The van der Waals surface area contributed by atoms with Crippen LogP contribution < -0.4 is 31.9 Å². The quantitative estimate of drug-likeness (QED) is 0.0376. The van der Waals surface area contributed by atoms with Gasteiger partial charge in [-0.1, -0.05) is 47.0 Å². The molecule has 7 aromatic rings. The molecule has 0 atom stereocenters. The highest BCUT2D eigenvalue weighted by Gasteiger charge is 2.41. The number of nitrogens with one attached hydrogen (secondary N) is 7. The minimum absolute atomic E-state index is 0.00398. The largest absolute Gasteiger partial charge is 0.385 e. The lowest BCUT2D eigenvalue weighted by Crippen LogP contribution is -2.63. The number of likely N-dealkylation sites (tertiary alicyclic amines) is 3. The summed E-state index contributed by atoms with van der Waals surface area (Å²) in [5.41, 5.74) is 6.73. The number of carbonyl (C=O) groups is 3. The van der Waals surface area contributed by atoms with Crippen molar-refractivity contribution in [1.29, 1.82) is 5.26 Å². The lowest BCUT2D eigenvalue weighted by Gasteiger charge is -2.48. The Kier molecular flexibility index (Phi) is 20.4. The molecule has 7 heterocycles. The molecule has 0 unspecified atom stereocenters. The topological polar surface area (TPSA) is 264 Å². The number of hydrogen-bond donors (Lipinski definition) is 8. The van der Waals surface area contributed by atoms with Gasteiger partial charge in [0.05, 0.1) is 78.7 Å². The van der Waals surface area contributed by atoms with E-state index in [0.717, 1.165) is 159 Å². The highest BCUT2D eigenvalue weighted by molar-refractivity contribution is 5.94. The van der Waals surface area contributed by atoms with Crippen LogP contribution in [0.25, 0.3) is 32.7 Å². The number of benzene rings is 3. The first-order chi connectivity index (χ1) is 43.6. The molecule has 0 bridgehead atoms.